The lowest BCUT2D eigenvalue weighted by Gasteiger charge is -2.08. The van der Waals surface area contributed by atoms with Crippen LogP contribution in [0.25, 0.3) is 5.70 Å². The van der Waals surface area contributed by atoms with Gasteiger partial charge in [0.25, 0.3) is 0 Å². The highest BCUT2D eigenvalue weighted by molar-refractivity contribution is 7.86. The van der Waals surface area contributed by atoms with Gasteiger partial charge in [-0.25, -0.2) is 27.4 Å². The van der Waals surface area contributed by atoms with Crippen LogP contribution in [0.1, 0.15) is 0 Å². The predicted octanol–water partition coefficient (Wildman–Crippen LogP) is -0.906. The van der Waals surface area contributed by atoms with E-state index in [-0.39, 0.29) is 5.70 Å². The number of alkyl halides is 3. The molecule has 1 heterocycles. The third kappa shape index (κ3) is 6.66. The zero-order valence-corrected chi connectivity index (χ0v) is 15.7. The van der Waals surface area contributed by atoms with Crippen molar-refractivity contribution in [2.45, 2.75) is 5.51 Å². The molecule has 0 aromatic carbocycles. The zero-order valence-electron chi connectivity index (χ0n) is 14.8. The maximum atomic E-state index is 11.9. The number of aromatic nitrogens is 2. The molecule has 0 aliphatic carbocycles. The summed E-state index contributed by atoms with van der Waals surface area (Å²) >= 11 is 0. The van der Waals surface area contributed by atoms with Crippen LogP contribution < -0.4 is 4.57 Å². The van der Waals surface area contributed by atoms with Crippen molar-refractivity contribution in [3.05, 3.63) is 24.3 Å². The topological polar surface area (TPSA) is 145 Å². The largest absolute Gasteiger partial charge is 0.741 e. The van der Waals surface area contributed by atoms with E-state index in [9.17, 15) is 27.6 Å². The molecule has 0 amide bonds. The molecule has 0 N–H and O–H groups in total. The standard InChI is InChI=1S/C12H15N2O6.CHF3O3S/c1-13-5-6-14(7-13)9(12(17)20-4)8(10(15)18-2)11(16)19-3;2-1(3,4)8(5,6)7/h5-7H,1-4H3;(H,5,6,7)/q+1;/p-1. The Bertz CT molecular complexity index is 854. The Morgan fingerprint density at radius 2 is 1.39 bits per heavy atom. The van der Waals surface area contributed by atoms with Crippen LogP contribution in [0.2, 0.25) is 0 Å². The second-order valence-corrected chi connectivity index (χ2v) is 5.96. The number of hydrogen-bond donors (Lipinski definition) is 0. The van der Waals surface area contributed by atoms with Gasteiger partial charge in [-0.1, -0.05) is 0 Å². The van der Waals surface area contributed by atoms with E-state index in [0.29, 0.717) is 0 Å². The Morgan fingerprint density at radius 1 is 1.00 bits per heavy atom. The minimum atomic E-state index is -6.09. The normalized spacial score (nSPS) is 10.9. The van der Waals surface area contributed by atoms with Gasteiger partial charge in [-0.15, -0.1) is 0 Å². The van der Waals surface area contributed by atoms with Gasteiger partial charge in [0.2, 0.25) is 12.0 Å². The Balaban J connectivity index is 0.000000769. The quantitative estimate of drug-likeness (QED) is 0.0863. The highest BCUT2D eigenvalue weighted by Crippen LogP contribution is 2.20. The fourth-order valence-electron chi connectivity index (χ4n) is 1.50. The molecular formula is C13H15F3N2O9S. The average molecular weight is 432 g/mol. The molecule has 0 radical (unpaired) electrons. The number of aryl methyl sites for hydroxylation is 1. The first kappa shape index (κ1) is 25.1. The molecular weight excluding hydrogens is 417 g/mol. The molecule has 0 unspecified atom stereocenters. The molecule has 0 bridgehead atoms. The maximum Gasteiger partial charge on any atom is 0.485 e. The fraction of sp³-hybridized carbons (Fsp3) is 0.385. The SMILES string of the molecule is COC(=O)C(C(=O)OC)=C(C(=O)OC)n1cc[n+](C)c1.O=S(=O)([O-])C(F)(F)F. The predicted molar refractivity (Wildman–Crippen MR) is 80.6 cm³/mol. The fourth-order valence-corrected chi connectivity index (χ4v) is 1.50. The maximum absolute atomic E-state index is 11.9. The molecule has 0 aliphatic rings. The third-order valence-electron chi connectivity index (χ3n) is 2.71. The molecule has 0 spiro atoms. The van der Waals surface area contributed by atoms with Gasteiger partial charge in [-0.3, -0.25) is 0 Å². The number of ether oxygens (including phenoxy) is 3. The lowest BCUT2D eigenvalue weighted by atomic mass is 10.2. The van der Waals surface area contributed by atoms with Crippen LogP contribution in [0.5, 0.6) is 0 Å². The first-order valence-electron chi connectivity index (χ1n) is 6.76. The summed E-state index contributed by atoms with van der Waals surface area (Å²) in [6, 6.07) is 0. The molecule has 0 fully saturated rings. The van der Waals surface area contributed by atoms with E-state index in [1.54, 1.807) is 17.8 Å². The summed E-state index contributed by atoms with van der Waals surface area (Å²) in [7, 11) is -1.06. The van der Waals surface area contributed by atoms with Gasteiger partial charge in [0.1, 0.15) is 12.4 Å². The van der Waals surface area contributed by atoms with Crippen LogP contribution in [0.4, 0.5) is 13.2 Å². The molecule has 158 valence electrons. The van der Waals surface area contributed by atoms with E-state index in [1.165, 1.54) is 17.1 Å². The Morgan fingerprint density at radius 3 is 1.64 bits per heavy atom. The molecule has 0 aliphatic heterocycles. The van der Waals surface area contributed by atoms with E-state index in [2.05, 4.69) is 14.2 Å². The number of imidazole rings is 1. The number of carbonyl (C=O) groups is 3. The van der Waals surface area contributed by atoms with Crippen molar-refractivity contribution < 1.29 is 59.3 Å². The van der Waals surface area contributed by atoms with Crippen LogP contribution in [0, 0.1) is 0 Å². The van der Waals surface area contributed by atoms with Crippen molar-refractivity contribution in [2.24, 2.45) is 7.05 Å². The summed E-state index contributed by atoms with van der Waals surface area (Å²) in [5.74, 6) is -2.85. The third-order valence-corrected chi connectivity index (χ3v) is 3.27. The van der Waals surface area contributed by atoms with Crippen molar-refractivity contribution in [3.8, 4) is 0 Å². The smallest absolute Gasteiger partial charge is 0.485 e. The van der Waals surface area contributed by atoms with E-state index < -0.39 is 39.1 Å². The average Bonchev–Trinajstić information content (AvgIpc) is 3.02. The van der Waals surface area contributed by atoms with Crippen LogP contribution in [-0.2, 0) is 45.8 Å². The molecule has 11 nitrogen and oxygen atoms in total. The van der Waals surface area contributed by atoms with Crippen molar-refractivity contribution >= 4 is 33.7 Å². The number of halogens is 3. The van der Waals surface area contributed by atoms with E-state index in [4.69, 9.17) is 13.0 Å². The van der Waals surface area contributed by atoms with Gasteiger partial charge in [-0.2, -0.15) is 17.7 Å². The van der Waals surface area contributed by atoms with Gasteiger partial charge in [0, 0.05) is 0 Å². The molecule has 0 atom stereocenters. The van der Waals surface area contributed by atoms with Gasteiger partial charge in [-0.05, 0) is 0 Å². The second-order valence-electron chi connectivity index (χ2n) is 4.58. The van der Waals surface area contributed by atoms with Gasteiger partial charge < -0.3 is 18.8 Å². The second kappa shape index (κ2) is 9.84. The van der Waals surface area contributed by atoms with Crippen molar-refractivity contribution in [2.75, 3.05) is 21.3 Å². The summed E-state index contributed by atoms with van der Waals surface area (Å²) in [6.45, 7) is 0. The number of hydrogen-bond acceptors (Lipinski definition) is 9. The summed E-state index contributed by atoms with van der Waals surface area (Å²) < 4.78 is 75.4. The minimum Gasteiger partial charge on any atom is -0.741 e. The molecule has 1 aromatic heterocycles. The summed E-state index contributed by atoms with van der Waals surface area (Å²) in [6.07, 6.45) is 4.59. The monoisotopic (exact) mass is 432 g/mol. The van der Waals surface area contributed by atoms with Crippen LogP contribution in [0.15, 0.2) is 24.3 Å². The lowest BCUT2D eigenvalue weighted by molar-refractivity contribution is -0.670. The molecule has 1 rings (SSSR count). The highest BCUT2D eigenvalue weighted by atomic mass is 32.2. The van der Waals surface area contributed by atoms with Crippen LogP contribution in [0.3, 0.4) is 0 Å². The van der Waals surface area contributed by atoms with Crippen molar-refractivity contribution in [1.29, 1.82) is 0 Å². The minimum absolute atomic E-state index is 0.285. The van der Waals surface area contributed by atoms with Gasteiger partial charge in [0.05, 0.1) is 28.4 Å². The number of methoxy groups -OCH3 is 3. The summed E-state index contributed by atoms with van der Waals surface area (Å²) in [5.41, 5.74) is -6.47. The number of carbonyl (C=O) groups excluding carboxylic acids is 3. The van der Waals surface area contributed by atoms with E-state index in [0.717, 1.165) is 21.3 Å². The number of nitrogens with zero attached hydrogens (tertiary/aromatic N) is 2. The van der Waals surface area contributed by atoms with Crippen LogP contribution in [-0.4, -0.2) is 62.3 Å². The van der Waals surface area contributed by atoms with Crippen molar-refractivity contribution in [1.82, 2.24) is 4.57 Å². The lowest BCUT2D eigenvalue weighted by Crippen LogP contribution is -2.26. The Hall–Kier alpha value is -2.94. The Kier molecular flexibility index (Phi) is 8.81. The van der Waals surface area contributed by atoms with E-state index >= 15 is 0 Å². The summed E-state index contributed by atoms with van der Waals surface area (Å²) in [4.78, 5) is 35.4. The molecule has 0 saturated carbocycles. The molecule has 0 saturated heterocycles. The van der Waals surface area contributed by atoms with Gasteiger partial charge >= 0.3 is 23.4 Å². The Labute approximate surface area is 156 Å². The molecule has 15 heteroatoms. The first-order chi connectivity index (χ1) is 12.7. The molecule has 1 aromatic rings. The number of esters is 3. The zero-order chi connectivity index (χ0) is 22.3. The first-order valence-corrected chi connectivity index (χ1v) is 8.17. The van der Waals surface area contributed by atoms with Crippen molar-refractivity contribution in [3.63, 3.8) is 0 Å². The van der Waals surface area contributed by atoms with Crippen LogP contribution >= 0.6 is 0 Å². The van der Waals surface area contributed by atoms with E-state index in [1.807, 2.05) is 0 Å². The highest BCUT2D eigenvalue weighted by Gasteiger charge is 2.37. The summed E-state index contributed by atoms with van der Waals surface area (Å²) in [5, 5.41) is 0. The molecule has 28 heavy (non-hydrogen) atoms. The number of rotatable bonds is 4. The van der Waals surface area contributed by atoms with Gasteiger partial charge in [0.15, 0.2) is 15.7 Å².